The van der Waals surface area contributed by atoms with Gasteiger partial charge >= 0.3 is 6.09 Å². The normalized spacial score (nSPS) is 15.3. The summed E-state index contributed by atoms with van der Waals surface area (Å²) >= 11 is 0. The third-order valence-corrected chi connectivity index (χ3v) is 4.29. The van der Waals surface area contributed by atoms with Crippen molar-refractivity contribution in [2.24, 2.45) is 5.92 Å². The molecule has 1 aliphatic heterocycles. The molecule has 6 nitrogen and oxygen atoms in total. The minimum atomic E-state index is -0.456. The summed E-state index contributed by atoms with van der Waals surface area (Å²) in [5.74, 6) is 1.92. The Balaban J connectivity index is 1.80. The molecule has 1 N–H and O–H groups in total. The van der Waals surface area contributed by atoms with Crippen molar-refractivity contribution in [3.05, 3.63) is 18.1 Å². The van der Waals surface area contributed by atoms with Gasteiger partial charge in [-0.05, 0) is 33.6 Å². The largest absolute Gasteiger partial charge is 0.444 e. The van der Waals surface area contributed by atoms with E-state index in [1.54, 1.807) is 6.33 Å². The van der Waals surface area contributed by atoms with Crippen molar-refractivity contribution >= 4 is 11.9 Å². The number of rotatable bonds is 6. The van der Waals surface area contributed by atoms with E-state index in [1.807, 2.05) is 20.8 Å². The van der Waals surface area contributed by atoms with Crippen molar-refractivity contribution in [3.63, 3.8) is 0 Å². The van der Waals surface area contributed by atoms with Crippen LogP contribution in [0.15, 0.2) is 12.4 Å². The second-order valence-corrected chi connectivity index (χ2v) is 7.47. The fourth-order valence-corrected chi connectivity index (χ4v) is 2.89. The zero-order chi connectivity index (χ0) is 17.7. The number of carbonyl (C=O) groups is 1. The molecule has 1 fully saturated rings. The third-order valence-electron chi connectivity index (χ3n) is 4.29. The Labute approximate surface area is 145 Å². The molecule has 0 saturated carbocycles. The number of aromatic nitrogens is 2. The number of ether oxygens (including phenoxy) is 1. The van der Waals surface area contributed by atoms with Crippen LogP contribution in [-0.2, 0) is 4.74 Å². The predicted molar refractivity (Wildman–Crippen MR) is 95.3 cm³/mol. The number of amides is 1. The summed E-state index contributed by atoms with van der Waals surface area (Å²) in [5.41, 5.74) is 0.669. The molecule has 1 saturated heterocycles. The fourth-order valence-electron chi connectivity index (χ4n) is 2.89. The van der Waals surface area contributed by atoms with Crippen molar-refractivity contribution in [3.8, 4) is 0 Å². The van der Waals surface area contributed by atoms with Gasteiger partial charge in [-0.3, -0.25) is 0 Å². The lowest BCUT2D eigenvalue weighted by Crippen LogP contribution is -2.52. The Morgan fingerprint density at radius 3 is 2.58 bits per heavy atom. The number of nitrogens with zero attached hydrogens (tertiary/aromatic N) is 3. The first kappa shape index (κ1) is 18.5. The summed E-state index contributed by atoms with van der Waals surface area (Å²) < 4.78 is 5.25. The molecule has 0 unspecified atom stereocenters. The van der Waals surface area contributed by atoms with E-state index in [1.165, 1.54) is 0 Å². The van der Waals surface area contributed by atoms with Crippen LogP contribution in [0.25, 0.3) is 0 Å². The first-order valence-corrected chi connectivity index (χ1v) is 8.86. The van der Waals surface area contributed by atoms with Gasteiger partial charge in [-0.2, -0.15) is 0 Å². The lowest BCUT2D eigenvalue weighted by atomic mass is 9.97. The van der Waals surface area contributed by atoms with Gasteiger partial charge in [0, 0.05) is 43.2 Å². The van der Waals surface area contributed by atoms with Gasteiger partial charge in [-0.1, -0.05) is 13.8 Å². The molecule has 0 spiro atoms. The zero-order valence-corrected chi connectivity index (χ0v) is 15.5. The molecule has 0 bridgehead atoms. The SMILES string of the molecule is CCC(CC)c1cc(N2CC(CNC(=O)OC(C)(C)C)C2)ncn1. The highest BCUT2D eigenvalue weighted by molar-refractivity contribution is 5.67. The second-order valence-electron chi connectivity index (χ2n) is 7.47. The number of hydrogen-bond acceptors (Lipinski definition) is 5. The average Bonchev–Trinajstić information content (AvgIpc) is 2.45. The van der Waals surface area contributed by atoms with E-state index in [9.17, 15) is 4.79 Å². The average molecular weight is 334 g/mol. The molecule has 2 heterocycles. The molecule has 1 aliphatic rings. The summed E-state index contributed by atoms with van der Waals surface area (Å²) in [5, 5.41) is 2.84. The van der Waals surface area contributed by atoms with Crippen LogP contribution >= 0.6 is 0 Å². The Kier molecular flexibility index (Phi) is 6.02. The minimum absolute atomic E-state index is 0.348. The van der Waals surface area contributed by atoms with Gasteiger partial charge in [0.15, 0.2) is 0 Å². The van der Waals surface area contributed by atoms with Crippen LogP contribution in [0.2, 0.25) is 0 Å². The van der Waals surface area contributed by atoms with E-state index in [0.29, 0.717) is 18.4 Å². The summed E-state index contributed by atoms with van der Waals surface area (Å²) in [6.45, 7) is 12.4. The van der Waals surface area contributed by atoms with Crippen LogP contribution in [-0.4, -0.2) is 41.3 Å². The first-order chi connectivity index (χ1) is 11.3. The van der Waals surface area contributed by atoms with Crippen molar-refractivity contribution in [1.82, 2.24) is 15.3 Å². The highest BCUT2D eigenvalue weighted by Crippen LogP contribution is 2.27. The Morgan fingerprint density at radius 1 is 1.33 bits per heavy atom. The Morgan fingerprint density at radius 2 is 2.00 bits per heavy atom. The number of anilines is 1. The van der Waals surface area contributed by atoms with E-state index < -0.39 is 5.60 Å². The molecule has 2 rings (SSSR count). The summed E-state index contributed by atoms with van der Waals surface area (Å²) in [6, 6.07) is 2.11. The summed E-state index contributed by atoms with van der Waals surface area (Å²) in [6.07, 6.45) is 3.50. The first-order valence-electron chi connectivity index (χ1n) is 8.86. The lowest BCUT2D eigenvalue weighted by Gasteiger charge is -2.40. The molecule has 0 aromatic carbocycles. The molecular weight excluding hydrogens is 304 g/mol. The maximum Gasteiger partial charge on any atom is 0.407 e. The number of carbonyl (C=O) groups excluding carboxylic acids is 1. The Hall–Kier alpha value is -1.85. The topological polar surface area (TPSA) is 67.4 Å². The van der Waals surface area contributed by atoms with Gasteiger partial charge < -0.3 is 15.0 Å². The molecule has 0 radical (unpaired) electrons. The van der Waals surface area contributed by atoms with E-state index in [4.69, 9.17) is 4.74 Å². The van der Waals surface area contributed by atoms with Crippen LogP contribution in [0.4, 0.5) is 10.6 Å². The predicted octanol–water partition coefficient (Wildman–Crippen LogP) is 3.34. The van der Waals surface area contributed by atoms with E-state index in [0.717, 1.165) is 37.4 Å². The van der Waals surface area contributed by atoms with E-state index in [2.05, 4.69) is 40.1 Å². The van der Waals surface area contributed by atoms with Crippen LogP contribution in [0, 0.1) is 5.92 Å². The quantitative estimate of drug-likeness (QED) is 0.864. The van der Waals surface area contributed by atoms with E-state index >= 15 is 0 Å². The lowest BCUT2D eigenvalue weighted by molar-refractivity contribution is 0.0516. The molecule has 1 aromatic heterocycles. The molecule has 134 valence electrons. The highest BCUT2D eigenvalue weighted by Gasteiger charge is 2.29. The molecular formula is C18H30N4O2. The summed E-state index contributed by atoms with van der Waals surface area (Å²) in [7, 11) is 0. The van der Waals surface area contributed by atoms with Gasteiger partial charge in [0.1, 0.15) is 17.7 Å². The summed E-state index contributed by atoms with van der Waals surface area (Å²) in [4.78, 5) is 22.7. The number of nitrogens with one attached hydrogen (secondary N) is 1. The highest BCUT2D eigenvalue weighted by atomic mass is 16.6. The number of alkyl carbamates (subject to hydrolysis) is 1. The van der Waals surface area contributed by atoms with Gasteiger partial charge in [0.25, 0.3) is 0 Å². The van der Waals surface area contributed by atoms with Gasteiger partial charge in [-0.25, -0.2) is 14.8 Å². The molecule has 0 atom stereocenters. The molecule has 1 amide bonds. The van der Waals surface area contributed by atoms with E-state index in [-0.39, 0.29) is 6.09 Å². The smallest absolute Gasteiger partial charge is 0.407 e. The molecule has 6 heteroatoms. The van der Waals surface area contributed by atoms with Crippen LogP contribution < -0.4 is 10.2 Å². The standard InChI is InChI=1S/C18H30N4O2/c1-6-14(7-2)15-8-16(21-12-20-15)22-10-13(11-22)9-19-17(23)24-18(3,4)5/h8,12-14H,6-7,9-11H2,1-5H3,(H,19,23). The minimum Gasteiger partial charge on any atom is -0.444 e. The molecule has 0 aliphatic carbocycles. The molecule has 1 aromatic rings. The van der Waals surface area contributed by atoms with Crippen molar-refractivity contribution in [2.75, 3.05) is 24.5 Å². The van der Waals surface area contributed by atoms with Crippen LogP contribution in [0.1, 0.15) is 59.1 Å². The second kappa shape index (κ2) is 7.81. The molecule has 24 heavy (non-hydrogen) atoms. The zero-order valence-electron chi connectivity index (χ0n) is 15.5. The van der Waals surface area contributed by atoms with Crippen molar-refractivity contribution in [1.29, 1.82) is 0 Å². The van der Waals surface area contributed by atoms with Crippen LogP contribution in [0.5, 0.6) is 0 Å². The van der Waals surface area contributed by atoms with Crippen molar-refractivity contribution < 1.29 is 9.53 Å². The number of hydrogen-bond donors (Lipinski definition) is 1. The third kappa shape index (κ3) is 5.08. The van der Waals surface area contributed by atoms with Gasteiger partial charge in [0.05, 0.1) is 0 Å². The van der Waals surface area contributed by atoms with Crippen molar-refractivity contribution in [2.45, 2.75) is 59.0 Å². The van der Waals surface area contributed by atoms with Gasteiger partial charge in [-0.15, -0.1) is 0 Å². The maximum atomic E-state index is 11.7. The monoisotopic (exact) mass is 334 g/mol. The van der Waals surface area contributed by atoms with Gasteiger partial charge in [0.2, 0.25) is 0 Å². The maximum absolute atomic E-state index is 11.7. The van der Waals surface area contributed by atoms with Crippen LogP contribution in [0.3, 0.4) is 0 Å². The Bertz CT molecular complexity index is 546. The fraction of sp³-hybridized carbons (Fsp3) is 0.722.